The fraction of sp³-hybridized carbons (Fsp3) is 0.333. The van der Waals surface area contributed by atoms with Crippen LogP contribution in [0.25, 0.3) is 0 Å². The second kappa shape index (κ2) is 5.15. The van der Waals surface area contributed by atoms with Crippen molar-refractivity contribution in [3.8, 4) is 0 Å². The smallest absolute Gasteiger partial charge is 0.345 e. The molecule has 0 aromatic carbocycles. The molecule has 0 aliphatic carbocycles. The van der Waals surface area contributed by atoms with Crippen LogP contribution >= 0.6 is 11.3 Å². The third-order valence-electron chi connectivity index (χ3n) is 2.72. The lowest BCUT2D eigenvalue weighted by Gasteiger charge is -2.14. The SMILES string of the molecule is CC(C)(C)c1cc(NS(=O)(=O)c2csc(C(=O)O)c2)n[nH]1. The minimum Gasteiger partial charge on any atom is -0.477 e. The highest BCUT2D eigenvalue weighted by Crippen LogP contribution is 2.25. The van der Waals surface area contributed by atoms with Gasteiger partial charge in [0.05, 0.1) is 4.90 Å². The molecule has 0 fully saturated rings. The summed E-state index contributed by atoms with van der Waals surface area (Å²) in [6, 6.07) is 2.73. The normalized spacial score (nSPS) is 12.3. The molecule has 2 aromatic heterocycles. The lowest BCUT2D eigenvalue weighted by atomic mass is 9.92. The van der Waals surface area contributed by atoms with Crippen LogP contribution in [0.2, 0.25) is 0 Å². The van der Waals surface area contributed by atoms with Crippen LogP contribution in [0.15, 0.2) is 22.4 Å². The van der Waals surface area contributed by atoms with Crippen LogP contribution in [0.5, 0.6) is 0 Å². The Morgan fingerprint density at radius 2 is 2.05 bits per heavy atom. The van der Waals surface area contributed by atoms with Crippen molar-refractivity contribution in [2.24, 2.45) is 0 Å². The quantitative estimate of drug-likeness (QED) is 0.796. The average molecular weight is 329 g/mol. The van der Waals surface area contributed by atoms with Gasteiger partial charge < -0.3 is 5.11 Å². The zero-order chi connectivity index (χ0) is 15.8. The third-order valence-corrected chi connectivity index (χ3v) is 5.12. The number of H-pyrrole nitrogens is 1. The number of carboxylic acids is 1. The molecule has 2 aromatic rings. The predicted molar refractivity (Wildman–Crippen MR) is 79.4 cm³/mol. The van der Waals surface area contributed by atoms with E-state index in [1.54, 1.807) is 6.07 Å². The monoisotopic (exact) mass is 329 g/mol. The number of hydrogen-bond acceptors (Lipinski definition) is 5. The molecule has 9 heteroatoms. The number of aromatic amines is 1. The van der Waals surface area contributed by atoms with Gasteiger partial charge in [0.15, 0.2) is 5.82 Å². The van der Waals surface area contributed by atoms with Gasteiger partial charge in [0.25, 0.3) is 10.0 Å². The van der Waals surface area contributed by atoms with Crippen molar-refractivity contribution in [3.63, 3.8) is 0 Å². The van der Waals surface area contributed by atoms with Crippen LogP contribution in [0.4, 0.5) is 5.82 Å². The van der Waals surface area contributed by atoms with E-state index >= 15 is 0 Å². The van der Waals surface area contributed by atoms with E-state index < -0.39 is 16.0 Å². The van der Waals surface area contributed by atoms with Crippen LogP contribution in [0.3, 0.4) is 0 Å². The number of thiophene rings is 1. The lowest BCUT2D eigenvalue weighted by Crippen LogP contribution is -2.13. The van der Waals surface area contributed by atoms with Crippen molar-refractivity contribution >= 4 is 33.1 Å². The molecule has 0 spiro atoms. The Morgan fingerprint density at radius 1 is 1.38 bits per heavy atom. The van der Waals surface area contributed by atoms with Gasteiger partial charge >= 0.3 is 5.97 Å². The number of rotatable bonds is 4. The van der Waals surface area contributed by atoms with Gasteiger partial charge in [0.1, 0.15) is 4.88 Å². The largest absolute Gasteiger partial charge is 0.477 e. The number of anilines is 1. The van der Waals surface area contributed by atoms with Gasteiger partial charge in [0, 0.05) is 22.6 Å². The second-order valence-electron chi connectivity index (χ2n) is 5.47. The van der Waals surface area contributed by atoms with Gasteiger partial charge in [-0.1, -0.05) is 20.8 Å². The fourth-order valence-electron chi connectivity index (χ4n) is 1.53. The number of aromatic carboxylic acids is 1. The summed E-state index contributed by atoms with van der Waals surface area (Å²) in [6.07, 6.45) is 0. The van der Waals surface area contributed by atoms with E-state index in [2.05, 4.69) is 14.9 Å². The summed E-state index contributed by atoms with van der Waals surface area (Å²) in [6.45, 7) is 5.91. The molecule has 0 saturated heterocycles. The number of carboxylic acid groups (broad SMARTS) is 1. The first-order valence-corrected chi connectivity index (χ1v) is 8.36. The summed E-state index contributed by atoms with van der Waals surface area (Å²) in [5.74, 6) is -0.987. The first kappa shape index (κ1) is 15.5. The molecule has 0 aliphatic rings. The predicted octanol–water partition coefficient (Wildman–Crippen LogP) is 2.27. The molecule has 0 amide bonds. The van der Waals surface area contributed by atoms with E-state index in [0.29, 0.717) is 0 Å². The molecular weight excluding hydrogens is 314 g/mol. The van der Waals surface area contributed by atoms with E-state index in [1.165, 1.54) is 5.38 Å². The zero-order valence-corrected chi connectivity index (χ0v) is 13.3. The summed E-state index contributed by atoms with van der Waals surface area (Å²) in [4.78, 5) is 10.7. The third kappa shape index (κ3) is 3.42. The minimum absolute atomic E-state index is 0.0345. The van der Waals surface area contributed by atoms with E-state index in [0.717, 1.165) is 23.1 Å². The highest BCUT2D eigenvalue weighted by Gasteiger charge is 2.22. The Morgan fingerprint density at radius 3 is 2.52 bits per heavy atom. The molecule has 0 atom stereocenters. The van der Waals surface area contributed by atoms with E-state index in [-0.39, 0.29) is 21.0 Å². The van der Waals surface area contributed by atoms with Gasteiger partial charge in [0.2, 0.25) is 0 Å². The molecule has 0 saturated carbocycles. The van der Waals surface area contributed by atoms with Gasteiger partial charge in [-0.15, -0.1) is 11.3 Å². The van der Waals surface area contributed by atoms with E-state index in [1.807, 2.05) is 20.8 Å². The van der Waals surface area contributed by atoms with Gasteiger partial charge in [-0.05, 0) is 6.07 Å². The van der Waals surface area contributed by atoms with Crippen molar-refractivity contribution in [2.75, 3.05) is 4.72 Å². The van der Waals surface area contributed by atoms with Crippen molar-refractivity contribution < 1.29 is 18.3 Å². The van der Waals surface area contributed by atoms with Crippen molar-refractivity contribution in [2.45, 2.75) is 31.1 Å². The Hall–Kier alpha value is -1.87. The molecular formula is C12H15N3O4S2. The maximum absolute atomic E-state index is 12.1. The van der Waals surface area contributed by atoms with Crippen LogP contribution in [-0.2, 0) is 15.4 Å². The second-order valence-corrected chi connectivity index (χ2v) is 8.07. The molecule has 114 valence electrons. The number of hydrogen-bond donors (Lipinski definition) is 3. The Balaban J connectivity index is 2.24. The maximum Gasteiger partial charge on any atom is 0.345 e. The Kier molecular flexibility index (Phi) is 3.81. The van der Waals surface area contributed by atoms with Crippen molar-refractivity contribution in [1.29, 1.82) is 0 Å². The summed E-state index contributed by atoms with van der Waals surface area (Å²) in [5.41, 5.74) is 0.604. The molecule has 0 aliphatic heterocycles. The fourth-order valence-corrected chi connectivity index (χ4v) is 3.63. The van der Waals surface area contributed by atoms with E-state index in [4.69, 9.17) is 5.11 Å². The van der Waals surface area contributed by atoms with Crippen molar-refractivity contribution in [1.82, 2.24) is 10.2 Å². The molecule has 3 N–H and O–H groups in total. The van der Waals surface area contributed by atoms with Gasteiger partial charge in [-0.3, -0.25) is 9.82 Å². The molecule has 7 nitrogen and oxygen atoms in total. The standard InChI is InChI=1S/C12H15N3O4S2/c1-12(2,3)9-5-10(14-13-9)15-21(18,19)7-4-8(11(16)17)20-6-7/h4-6H,1-3H3,(H,16,17)(H2,13,14,15). The van der Waals surface area contributed by atoms with Crippen LogP contribution in [0, 0.1) is 0 Å². The number of nitrogens with one attached hydrogen (secondary N) is 2. The van der Waals surface area contributed by atoms with E-state index in [9.17, 15) is 13.2 Å². The Bertz CT molecular complexity index is 769. The van der Waals surface area contributed by atoms with Crippen molar-refractivity contribution in [3.05, 3.63) is 28.1 Å². The van der Waals surface area contributed by atoms with Gasteiger partial charge in [-0.25, -0.2) is 13.2 Å². The lowest BCUT2D eigenvalue weighted by molar-refractivity contribution is 0.0702. The maximum atomic E-state index is 12.1. The van der Waals surface area contributed by atoms with Gasteiger partial charge in [-0.2, -0.15) is 5.10 Å². The number of sulfonamides is 1. The number of aromatic nitrogens is 2. The minimum atomic E-state index is -3.84. The van der Waals surface area contributed by atoms with Crippen LogP contribution < -0.4 is 4.72 Å². The highest BCUT2D eigenvalue weighted by molar-refractivity contribution is 7.92. The summed E-state index contributed by atoms with van der Waals surface area (Å²) < 4.78 is 26.6. The topological polar surface area (TPSA) is 112 Å². The molecule has 2 rings (SSSR count). The molecule has 0 bridgehead atoms. The van der Waals surface area contributed by atoms with Crippen LogP contribution in [0.1, 0.15) is 36.1 Å². The number of carbonyl (C=O) groups is 1. The molecule has 0 unspecified atom stereocenters. The number of nitrogens with zero attached hydrogens (tertiary/aromatic N) is 1. The first-order valence-electron chi connectivity index (χ1n) is 6.00. The molecule has 2 heterocycles. The first-order chi connectivity index (χ1) is 9.59. The Labute approximate surface area is 126 Å². The zero-order valence-electron chi connectivity index (χ0n) is 11.7. The highest BCUT2D eigenvalue weighted by atomic mass is 32.2. The summed E-state index contributed by atoms with van der Waals surface area (Å²) in [7, 11) is -3.84. The summed E-state index contributed by atoms with van der Waals surface area (Å²) in [5, 5.41) is 16.8. The molecule has 21 heavy (non-hydrogen) atoms. The van der Waals surface area contributed by atoms with Crippen LogP contribution in [-0.4, -0.2) is 29.7 Å². The summed E-state index contributed by atoms with van der Waals surface area (Å²) >= 11 is 0.858. The average Bonchev–Trinajstić information content (AvgIpc) is 2.94. The molecule has 0 radical (unpaired) electrons.